The van der Waals surface area contributed by atoms with Crippen LogP contribution in [0.1, 0.15) is 0 Å². The van der Waals surface area contributed by atoms with Gasteiger partial charge in [-0.3, -0.25) is 5.11 Å². The van der Waals surface area contributed by atoms with Crippen molar-refractivity contribution in [3.63, 3.8) is 0 Å². The Hall–Kier alpha value is -0.670. The summed E-state index contributed by atoms with van der Waals surface area (Å²) in [4.78, 5) is 0.843. The lowest BCUT2D eigenvalue weighted by Crippen LogP contribution is -1.70. The van der Waals surface area contributed by atoms with E-state index in [9.17, 15) is 5.11 Å². The smallest absolute Gasteiger partial charge is 0.179 e. The molecule has 0 aliphatic rings. The molecule has 1 aromatic rings. The van der Waals surface area contributed by atoms with Crippen LogP contribution in [0, 0.1) is 0 Å². The Morgan fingerprint density at radius 2 is 2.30 bits per heavy atom. The third-order valence-corrected chi connectivity index (χ3v) is 1.60. The maximum absolute atomic E-state index is 10.7. The summed E-state index contributed by atoms with van der Waals surface area (Å²) < 4.78 is 4.76. The van der Waals surface area contributed by atoms with E-state index >= 15 is 0 Å². The SMILES string of the molecule is COSc1cccc([O])c1. The van der Waals surface area contributed by atoms with Gasteiger partial charge in [0.15, 0.2) is 5.75 Å². The first-order valence-electron chi connectivity index (χ1n) is 2.80. The van der Waals surface area contributed by atoms with Gasteiger partial charge in [0.1, 0.15) is 0 Å². The van der Waals surface area contributed by atoms with Crippen LogP contribution in [-0.4, -0.2) is 7.11 Å². The van der Waals surface area contributed by atoms with Crippen molar-refractivity contribution in [3.8, 4) is 5.75 Å². The topological polar surface area (TPSA) is 29.1 Å². The second-order valence-electron chi connectivity index (χ2n) is 1.72. The van der Waals surface area contributed by atoms with Crippen LogP contribution in [0.15, 0.2) is 29.2 Å². The molecule has 0 fully saturated rings. The number of hydrogen-bond acceptors (Lipinski definition) is 2. The van der Waals surface area contributed by atoms with Crippen molar-refractivity contribution >= 4 is 12.0 Å². The first-order chi connectivity index (χ1) is 4.83. The molecular weight excluding hydrogens is 148 g/mol. The van der Waals surface area contributed by atoms with Crippen molar-refractivity contribution in [2.45, 2.75) is 4.90 Å². The van der Waals surface area contributed by atoms with Gasteiger partial charge in [0.25, 0.3) is 0 Å². The molecule has 0 aliphatic heterocycles. The van der Waals surface area contributed by atoms with E-state index in [4.69, 9.17) is 4.18 Å². The molecule has 2 nitrogen and oxygen atoms in total. The lowest BCUT2D eigenvalue weighted by atomic mass is 10.3. The largest absolute Gasteiger partial charge is 0.314 e. The minimum absolute atomic E-state index is 0.0158. The normalized spacial score (nSPS) is 9.70. The zero-order valence-corrected chi connectivity index (χ0v) is 6.35. The molecule has 10 heavy (non-hydrogen) atoms. The summed E-state index contributed by atoms with van der Waals surface area (Å²) in [6.07, 6.45) is 0. The van der Waals surface area contributed by atoms with Gasteiger partial charge in [-0.2, -0.15) is 0 Å². The molecule has 0 amide bonds. The number of rotatable bonds is 2. The molecule has 0 spiro atoms. The highest BCUT2D eigenvalue weighted by Gasteiger charge is 1.94. The molecule has 0 atom stereocenters. The highest BCUT2D eigenvalue weighted by atomic mass is 32.2. The van der Waals surface area contributed by atoms with E-state index in [-0.39, 0.29) is 5.75 Å². The highest BCUT2D eigenvalue weighted by Crippen LogP contribution is 2.21. The van der Waals surface area contributed by atoms with Crippen molar-refractivity contribution in [1.82, 2.24) is 0 Å². The highest BCUT2D eigenvalue weighted by molar-refractivity contribution is 7.94. The average molecular weight is 155 g/mol. The Kier molecular flexibility index (Phi) is 2.59. The average Bonchev–Trinajstić information content (AvgIpc) is 1.88. The Bertz CT molecular complexity index is 213. The molecule has 53 valence electrons. The zero-order valence-electron chi connectivity index (χ0n) is 5.53. The minimum Gasteiger partial charge on any atom is -0.314 e. The Balaban J connectivity index is 2.75. The first-order valence-corrected chi connectivity index (χ1v) is 3.55. The first kappa shape index (κ1) is 7.44. The molecule has 0 aromatic heterocycles. The van der Waals surface area contributed by atoms with Gasteiger partial charge < -0.3 is 4.18 Å². The van der Waals surface area contributed by atoms with Crippen LogP contribution in [0.2, 0.25) is 0 Å². The quantitative estimate of drug-likeness (QED) is 0.614. The van der Waals surface area contributed by atoms with E-state index in [1.165, 1.54) is 24.2 Å². The second-order valence-corrected chi connectivity index (χ2v) is 2.70. The fraction of sp³-hybridized carbons (Fsp3) is 0.143. The van der Waals surface area contributed by atoms with E-state index in [1.807, 2.05) is 6.07 Å². The van der Waals surface area contributed by atoms with Crippen LogP contribution in [0.5, 0.6) is 5.75 Å². The van der Waals surface area contributed by atoms with Gasteiger partial charge in [-0.25, -0.2) is 0 Å². The maximum Gasteiger partial charge on any atom is 0.179 e. The molecule has 1 rings (SSSR count). The van der Waals surface area contributed by atoms with Gasteiger partial charge in [0.05, 0.1) is 7.11 Å². The predicted octanol–water partition coefficient (Wildman–Crippen LogP) is 2.48. The number of benzene rings is 1. The Morgan fingerprint density at radius 1 is 1.50 bits per heavy atom. The van der Waals surface area contributed by atoms with E-state index in [0.717, 1.165) is 4.90 Å². The van der Waals surface area contributed by atoms with E-state index < -0.39 is 0 Å². The van der Waals surface area contributed by atoms with Gasteiger partial charge in [-0.15, -0.1) is 0 Å². The van der Waals surface area contributed by atoms with Crippen LogP contribution in [0.25, 0.3) is 0 Å². The molecule has 0 N–H and O–H groups in total. The number of hydrogen-bond donors (Lipinski definition) is 0. The molecule has 0 aliphatic carbocycles. The summed E-state index contributed by atoms with van der Waals surface area (Å²) in [7, 11) is 1.57. The van der Waals surface area contributed by atoms with Gasteiger partial charge in [0, 0.05) is 23.0 Å². The Labute approximate surface area is 64.0 Å². The van der Waals surface area contributed by atoms with Crippen molar-refractivity contribution in [2.24, 2.45) is 0 Å². The van der Waals surface area contributed by atoms with Crippen molar-refractivity contribution in [3.05, 3.63) is 24.3 Å². The molecule has 0 saturated carbocycles. The second kappa shape index (κ2) is 3.49. The van der Waals surface area contributed by atoms with Crippen LogP contribution in [0.3, 0.4) is 0 Å². The van der Waals surface area contributed by atoms with Crippen molar-refractivity contribution < 1.29 is 9.29 Å². The van der Waals surface area contributed by atoms with E-state index in [2.05, 4.69) is 0 Å². The van der Waals surface area contributed by atoms with Gasteiger partial charge in [0.2, 0.25) is 0 Å². The third-order valence-electron chi connectivity index (χ3n) is 0.985. The molecule has 0 bridgehead atoms. The van der Waals surface area contributed by atoms with Gasteiger partial charge >= 0.3 is 0 Å². The van der Waals surface area contributed by atoms with Crippen LogP contribution >= 0.6 is 12.0 Å². The van der Waals surface area contributed by atoms with E-state index in [1.54, 1.807) is 13.2 Å². The van der Waals surface area contributed by atoms with Crippen molar-refractivity contribution in [2.75, 3.05) is 7.11 Å². The molecule has 1 radical (unpaired) electrons. The summed E-state index contributed by atoms with van der Waals surface area (Å²) >= 11 is 1.19. The minimum atomic E-state index is 0.0158. The maximum atomic E-state index is 10.7. The van der Waals surface area contributed by atoms with Gasteiger partial charge in [-0.1, -0.05) is 6.07 Å². The van der Waals surface area contributed by atoms with Gasteiger partial charge in [-0.05, 0) is 12.1 Å². The van der Waals surface area contributed by atoms with Crippen molar-refractivity contribution in [1.29, 1.82) is 0 Å². The van der Waals surface area contributed by atoms with Crippen LogP contribution < -0.4 is 0 Å². The molecule has 3 heteroatoms. The molecular formula is C7H7O2S. The lowest BCUT2D eigenvalue weighted by molar-refractivity contribution is 0.353. The van der Waals surface area contributed by atoms with Crippen LogP contribution in [-0.2, 0) is 9.29 Å². The molecule has 0 unspecified atom stereocenters. The molecule has 0 saturated heterocycles. The predicted molar refractivity (Wildman–Crippen MR) is 39.4 cm³/mol. The Morgan fingerprint density at radius 3 is 2.90 bits per heavy atom. The summed E-state index contributed by atoms with van der Waals surface area (Å²) in [6.45, 7) is 0. The standard InChI is InChI=1S/C7H7O2S/c1-9-10-7-4-2-3-6(8)5-7/h2-5H,1H3. The fourth-order valence-electron chi connectivity index (χ4n) is 0.622. The summed E-state index contributed by atoms with van der Waals surface area (Å²) in [5.41, 5.74) is 0. The van der Waals surface area contributed by atoms with E-state index in [0.29, 0.717) is 0 Å². The fourth-order valence-corrected chi connectivity index (χ4v) is 1.11. The zero-order chi connectivity index (χ0) is 7.40. The van der Waals surface area contributed by atoms with Crippen LogP contribution in [0.4, 0.5) is 0 Å². The summed E-state index contributed by atoms with van der Waals surface area (Å²) in [5, 5.41) is 10.7. The monoisotopic (exact) mass is 155 g/mol. The summed E-state index contributed by atoms with van der Waals surface area (Å²) in [5.74, 6) is 0.0158. The molecule has 1 aromatic carbocycles. The molecule has 0 heterocycles. The lowest BCUT2D eigenvalue weighted by Gasteiger charge is -1.94. The summed E-state index contributed by atoms with van der Waals surface area (Å²) in [6, 6.07) is 6.59. The third kappa shape index (κ3) is 1.93.